The van der Waals surface area contributed by atoms with Gasteiger partial charge in [0, 0.05) is 11.8 Å². The quantitative estimate of drug-likeness (QED) is 0.594. The average Bonchev–Trinajstić information content (AvgIpc) is 2.41. The number of aromatic nitrogens is 1. The maximum absolute atomic E-state index is 9.49. The van der Waals surface area contributed by atoms with E-state index in [0.717, 1.165) is 5.56 Å². The Morgan fingerprint density at radius 1 is 1.67 bits per heavy atom. The van der Waals surface area contributed by atoms with Gasteiger partial charge in [-0.3, -0.25) is 4.98 Å². The van der Waals surface area contributed by atoms with E-state index in [4.69, 9.17) is 4.74 Å². The van der Waals surface area contributed by atoms with Crippen molar-refractivity contribution in [2.24, 2.45) is 0 Å². The highest BCUT2D eigenvalue weighted by Crippen LogP contribution is 2.35. The van der Waals surface area contributed by atoms with E-state index in [9.17, 15) is 10.2 Å². The largest absolute Gasteiger partial charge is 0.506 e. The molecule has 1 aromatic heterocycles. The minimum atomic E-state index is -0.998. The van der Waals surface area contributed by atoms with Crippen LogP contribution in [0.2, 0.25) is 0 Å². The topological polar surface area (TPSA) is 62.6 Å². The third kappa shape index (κ3) is 0.888. The first-order valence-corrected chi connectivity index (χ1v) is 3.67. The lowest BCUT2D eigenvalue weighted by atomic mass is 10.1. The Morgan fingerprint density at radius 2 is 2.42 bits per heavy atom. The molecule has 1 atom stereocenters. The van der Waals surface area contributed by atoms with Crippen molar-refractivity contribution in [2.45, 2.75) is 19.8 Å². The van der Waals surface area contributed by atoms with Gasteiger partial charge in [-0.15, -0.1) is 0 Å². The molecule has 2 N–H and O–H groups in total. The zero-order valence-corrected chi connectivity index (χ0v) is 6.61. The molecule has 0 unspecified atom stereocenters. The Labute approximate surface area is 69.4 Å². The fourth-order valence-corrected chi connectivity index (χ4v) is 1.30. The zero-order valence-electron chi connectivity index (χ0n) is 6.61. The number of aromatic hydroxyl groups is 1. The number of hydrogen-bond acceptors (Lipinski definition) is 4. The highest BCUT2D eigenvalue weighted by molar-refractivity contribution is 5.42. The van der Waals surface area contributed by atoms with Crippen LogP contribution in [0.3, 0.4) is 0 Å². The number of aliphatic hydroxyl groups is 1. The molecule has 12 heavy (non-hydrogen) atoms. The fraction of sp³-hybridized carbons (Fsp3) is 0.375. The Morgan fingerprint density at radius 3 is 3.17 bits per heavy atom. The number of aliphatic hydroxyl groups excluding tert-OH is 1. The number of aryl methyl sites for hydroxylation is 1. The molecule has 0 saturated heterocycles. The van der Waals surface area contributed by atoms with Crippen molar-refractivity contribution in [1.82, 2.24) is 4.98 Å². The van der Waals surface area contributed by atoms with Crippen LogP contribution in [0.15, 0.2) is 6.20 Å². The molecule has 0 bridgehead atoms. The van der Waals surface area contributed by atoms with Crippen molar-refractivity contribution < 1.29 is 14.9 Å². The summed E-state index contributed by atoms with van der Waals surface area (Å²) in [5.74, 6) is 0.0394. The molecule has 0 aliphatic carbocycles. The summed E-state index contributed by atoms with van der Waals surface area (Å²) in [4.78, 5) is 3.94. The van der Waals surface area contributed by atoms with Crippen LogP contribution < -0.4 is 0 Å². The molecule has 0 amide bonds. The zero-order chi connectivity index (χ0) is 8.72. The molecule has 1 aromatic rings. The van der Waals surface area contributed by atoms with Gasteiger partial charge in [-0.05, 0) is 6.92 Å². The van der Waals surface area contributed by atoms with Gasteiger partial charge in [-0.1, -0.05) is 0 Å². The molecule has 1 aliphatic rings. The number of fused-ring (bicyclic) bond motifs is 1. The van der Waals surface area contributed by atoms with Gasteiger partial charge in [0.1, 0.15) is 5.75 Å². The first-order valence-electron chi connectivity index (χ1n) is 3.67. The second kappa shape index (κ2) is 2.43. The van der Waals surface area contributed by atoms with E-state index in [1.165, 1.54) is 0 Å². The summed E-state index contributed by atoms with van der Waals surface area (Å²) in [5, 5.41) is 18.8. The van der Waals surface area contributed by atoms with E-state index < -0.39 is 6.29 Å². The fourth-order valence-electron chi connectivity index (χ4n) is 1.30. The van der Waals surface area contributed by atoms with Crippen molar-refractivity contribution in [2.75, 3.05) is 0 Å². The minimum absolute atomic E-state index is 0.0394. The first kappa shape index (κ1) is 7.52. The smallest absolute Gasteiger partial charge is 0.185 e. The highest BCUT2D eigenvalue weighted by Gasteiger charge is 2.25. The number of ether oxygens (including phenoxy) is 1. The van der Waals surface area contributed by atoms with Gasteiger partial charge in [0.15, 0.2) is 6.29 Å². The minimum Gasteiger partial charge on any atom is -0.506 e. The summed E-state index contributed by atoms with van der Waals surface area (Å²) in [6.07, 6.45) is 0.613. The van der Waals surface area contributed by atoms with E-state index in [-0.39, 0.29) is 5.75 Å². The van der Waals surface area contributed by atoms with Gasteiger partial charge in [-0.2, -0.15) is 0 Å². The summed E-state index contributed by atoms with van der Waals surface area (Å²) >= 11 is 0. The molecular formula is C8H9NO3. The van der Waals surface area contributed by atoms with Crippen molar-refractivity contribution in [3.8, 4) is 5.75 Å². The molecule has 2 rings (SSSR count). The summed E-state index contributed by atoms with van der Waals surface area (Å²) in [7, 11) is 0. The molecule has 0 radical (unpaired) electrons. The molecule has 0 aromatic carbocycles. The van der Waals surface area contributed by atoms with Gasteiger partial charge >= 0.3 is 0 Å². The van der Waals surface area contributed by atoms with E-state index in [2.05, 4.69) is 4.98 Å². The van der Waals surface area contributed by atoms with Crippen molar-refractivity contribution in [3.05, 3.63) is 23.0 Å². The summed E-state index contributed by atoms with van der Waals surface area (Å²) in [5.41, 5.74) is 1.73. The van der Waals surface area contributed by atoms with Crippen LogP contribution in [-0.2, 0) is 11.3 Å². The maximum atomic E-state index is 9.49. The normalized spacial score (nSPS) is 21.0. The first-order chi connectivity index (χ1) is 5.70. The average molecular weight is 167 g/mol. The van der Waals surface area contributed by atoms with Crippen LogP contribution in [-0.4, -0.2) is 15.2 Å². The van der Waals surface area contributed by atoms with Crippen LogP contribution >= 0.6 is 0 Å². The molecule has 4 heteroatoms. The third-order valence-electron chi connectivity index (χ3n) is 2.00. The lowest BCUT2D eigenvalue weighted by Crippen LogP contribution is -1.95. The third-order valence-corrected chi connectivity index (χ3v) is 2.00. The predicted molar refractivity (Wildman–Crippen MR) is 40.4 cm³/mol. The molecule has 0 fully saturated rings. The van der Waals surface area contributed by atoms with Gasteiger partial charge in [0.05, 0.1) is 17.9 Å². The lowest BCUT2D eigenvalue weighted by Gasteiger charge is -2.06. The Bertz CT molecular complexity index is 324. The summed E-state index contributed by atoms with van der Waals surface area (Å²) in [6.45, 7) is 2.00. The van der Waals surface area contributed by atoms with Crippen LogP contribution in [0, 0.1) is 6.92 Å². The standard InChI is InChI=1S/C8H9NO3/c1-4-7(10)6-5(2-9-4)3-12-8(6)11/h2,8,10-11H,3H2,1H3/t8-/m1/s1. The van der Waals surface area contributed by atoms with E-state index in [1.54, 1.807) is 13.1 Å². The number of rotatable bonds is 0. The van der Waals surface area contributed by atoms with Crippen LogP contribution in [0.1, 0.15) is 23.1 Å². The van der Waals surface area contributed by atoms with Crippen molar-refractivity contribution in [3.63, 3.8) is 0 Å². The number of nitrogens with zero attached hydrogens (tertiary/aromatic N) is 1. The molecular weight excluding hydrogens is 158 g/mol. The van der Waals surface area contributed by atoms with Crippen molar-refractivity contribution in [1.29, 1.82) is 0 Å². The van der Waals surface area contributed by atoms with E-state index in [1.807, 2.05) is 0 Å². The SMILES string of the molecule is Cc1ncc2c(c1O)[C@H](O)OC2. The van der Waals surface area contributed by atoms with Crippen LogP contribution in [0.5, 0.6) is 5.75 Å². The monoisotopic (exact) mass is 167 g/mol. The Balaban J connectivity index is 2.63. The maximum Gasteiger partial charge on any atom is 0.185 e. The van der Waals surface area contributed by atoms with Gasteiger partial charge in [-0.25, -0.2) is 0 Å². The Hall–Kier alpha value is -1.13. The van der Waals surface area contributed by atoms with Gasteiger partial charge < -0.3 is 14.9 Å². The molecule has 4 nitrogen and oxygen atoms in total. The van der Waals surface area contributed by atoms with E-state index in [0.29, 0.717) is 17.9 Å². The Kier molecular flexibility index (Phi) is 1.52. The summed E-state index contributed by atoms with van der Waals surface area (Å²) < 4.78 is 4.91. The molecule has 0 saturated carbocycles. The molecule has 64 valence electrons. The summed E-state index contributed by atoms with van der Waals surface area (Å²) in [6, 6.07) is 0. The lowest BCUT2D eigenvalue weighted by molar-refractivity contribution is -0.0926. The number of pyridine rings is 1. The second-order valence-electron chi connectivity index (χ2n) is 2.79. The molecule has 1 aliphatic heterocycles. The molecule has 0 spiro atoms. The molecule has 2 heterocycles. The van der Waals surface area contributed by atoms with Crippen molar-refractivity contribution >= 4 is 0 Å². The highest BCUT2D eigenvalue weighted by atomic mass is 16.6. The van der Waals surface area contributed by atoms with Gasteiger partial charge in [0.2, 0.25) is 0 Å². The number of hydrogen-bond donors (Lipinski definition) is 2. The van der Waals surface area contributed by atoms with Crippen LogP contribution in [0.25, 0.3) is 0 Å². The van der Waals surface area contributed by atoms with Crippen LogP contribution in [0.4, 0.5) is 0 Å². The van der Waals surface area contributed by atoms with E-state index >= 15 is 0 Å². The van der Waals surface area contributed by atoms with Gasteiger partial charge in [0.25, 0.3) is 0 Å². The predicted octanol–water partition coefficient (Wildman–Crippen LogP) is 0.617. The second-order valence-corrected chi connectivity index (χ2v) is 2.79.